The summed E-state index contributed by atoms with van der Waals surface area (Å²) in [4.78, 5) is 2.45. The van der Waals surface area contributed by atoms with Crippen molar-refractivity contribution in [3.63, 3.8) is 0 Å². The highest BCUT2D eigenvalue weighted by atomic mass is 16.5. The van der Waals surface area contributed by atoms with E-state index < -0.39 is 0 Å². The van der Waals surface area contributed by atoms with Crippen LogP contribution >= 0.6 is 0 Å². The lowest BCUT2D eigenvalue weighted by Crippen LogP contribution is -2.47. The van der Waals surface area contributed by atoms with E-state index in [2.05, 4.69) is 31.0 Å². The fraction of sp³-hybridized carbons (Fsp3) is 1.00. The summed E-state index contributed by atoms with van der Waals surface area (Å²) < 4.78 is 11.3. The monoisotopic (exact) mass is 258 g/mol. The summed E-state index contributed by atoms with van der Waals surface area (Å²) in [6.07, 6.45) is 1.44. The molecular formula is C14H30N2O2. The van der Waals surface area contributed by atoms with Gasteiger partial charge in [0.05, 0.1) is 19.3 Å². The highest BCUT2D eigenvalue weighted by Crippen LogP contribution is 2.04. The zero-order valence-corrected chi connectivity index (χ0v) is 12.3. The van der Waals surface area contributed by atoms with E-state index in [9.17, 15) is 0 Å². The quantitative estimate of drug-likeness (QED) is 0.633. The molecule has 0 aromatic rings. The molecule has 0 aromatic carbocycles. The van der Waals surface area contributed by atoms with Gasteiger partial charge in [-0.1, -0.05) is 20.8 Å². The molecule has 0 saturated carbocycles. The molecule has 1 fully saturated rings. The minimum Gasteiger partial charge on any atom is -0.380 e. The molecule has 1 N–H and O–H groups in total. The highest BCUT2D eigenvalue weighted by Gasteiger charge is 2.19. The molecule has 0 bridgehead atoms. The molecule has 1 saturated heterocycles. The van der Waals surface area contributed by atoms with E-state index in [1.165, 1.54) is 0 Å². The molecule has 0 amide bonds. The molecular weight excluding hydrogens is 228 g/mol. The van der Waals surface area contributed by atoms with Gasteiger partial charge in [0.1, 0.15) is 0 Å². The van der Waals surface area contributed by atoms with Crippen molar-refractivity contribution in [1.29, 1.82) is 0 Å². The SMILES string of the molecule is CCCOCCN1CCO[C@H](CNCC(C)C)C1. The van der Waals surface area contributed by atoms with E-state index in [0.717, 1.165) is 59.0 Å². The third-order valence-electron chi connectivity index (χ3n) is 3.05. The highest BCUT2D eigenvalue weighted by molar-refractivity contribution is 4.73. The van der Waals surface area contributed by atoms with Gasteiger partial charge in [-0.25, -0.2) is 0 Å². The van der Waals surface area contributed by atoms with Gasteiger partial charge in [0.15, 0.2) is 0 Å². The Labute approximate surface area is 112 Å². The molecule has 4 nitrogen and oxygen atoms in total. The summed E-state index contributed by atoms with van der Waals surface area (Å²) in [5.41, 5.74) is 0. The maximum atomic E-state index is 5.77. The molecule has 1 aliphatic heterocycles. The predicted molar refractivity (Wildman–Crippen MR) is 75.0 cm³/mol. The molecule has 18 heavy (non-hydrogen) atoms. The van der Waals surface area contributed by atoms with Crippen molar-refractivity contribution >= 4 is 0 Å². The van der Waals surface area contributed by atoms with Crippen LogP contribution in [0.3, 0.4) is 0 Å². The second kappa shape index (κ2) is 9.73. The number of morpholine rings is 1. The van der Waals surface area contributed by atoms with Crippen LogP contribution in [0.1, 0.15) is 27.2 Å². The zero-order valence-electron chi connectivity index (χ0n) is 12.3. The van der Waals surface area contributed by atoms with Crippen LogP contribution in [0.2, 0.25) is 0 Å². The summed E-state index contributed by atoms with van der Waals surface area (Å²) in [5, 5.41) is 3.47. The van der Waals surface area contributed by atoms with E-state index in [4.69, 9.17) is 9.47 Å². The lowest BCUT2D eigenvalue weighted by molar-refractivity contribution is -0.0349. The topological polar surface area (TPSA) is 33.7 Å². The average Bonchev–Trinajstić information content (AvgIpc) is 2.35. The first kappa shape index (κ1) is 15.9. The Morgan fingerprint density at radius 3 is 2.94 bits per heavy atom. The molecule has 1 aliphatic rings. The van der Waals surface area contributed by atoms with E-state index in [1.807, 2.05) is 0 Å². The Morgan fingerprint density at radius 1 is 1.39 bits per heavy atom. The number of hydrogen-bond donors (Lipinski definition) is 1. The van der Waals surface area contributed by atoms with E-state index >= 15 is 0 Å². The zero-order chi connectivity index (χ0) is 13.2. The summed E-state index contributed by atoms with van der Waals surface area (Å²) in [6, 6.07) is 0. The van der Waals surface area contributed by atoms with Crippen molar-refractivity contribution in [2.45, 2.75) is 33.3 Å². The normalized spacial score (nSPS) is 21.7. The largest absolute Gasteiger partial charge is 0.380 e. The molecule has 0 spiro atoms. The molecule has 1 heterocycles. The molecule has 1 atom stereocenters. The first-order valence-electron chi connectivity index (χ1n) is 7.34. The Morgan fingerprint density at radius 2 is 2.22 bits per heavy atom. The van der Waals surface area contributed by atoms with Crippen LogP contribution in [0.5, 0.6) is 0 Å². The molecule has 0 unspecified atom stereocenters. The number of nitrogens with zero attached hydrogens (tertiary/aromatic N) is 1. The Hall–Kier alpha value is -0.160. The van der Waals surface area contributed by atoms with Crippen molar-refractivity contribution < 1.29 is 9.47 Å². The predicted octanol–water partition coefficient (Wildman–Crippen LogP) is 1.36. The van der Waals surface area contributed by atoms with Gasteiger partial charge in [0.2, 0.25) is 0 Å². The van der Waals surface area contributed by atoms with Gasteiger partial charge in [0, 0.05) is 32.8 Å². The number of ether oxygens (including phenoxy) is 2. The van der Waals surface area contributed by atoms with Gasteiger partial charge in [0.25, 0.3) is 0 Å². The molecule has 4 heteroatoms. The van der Waals surface area contributed by atoms with Crippen LogP contribution in [0.25, 0.3) is 0 Å². The van der Waals surface area contributed by atoms with E-state index in [-0.39, 0.29) is 0 Å². The van der Waals surface area contributed by atoms with Crippen LogP contribution in [-0.4, -0.2) is 63.5 Å². The summed E-state index contributed by atoms with van der Waals surface area (Å²) in [5.74, 6) is 0.701. The minimum absolute atomic E-state index is 0.337. The van der Waals surface area contributed by atoms with Gasteiger partial charge in [-0.2, -0.15) is 0 Å². The standard InChI is InChI=1S/C14H30N2O2/c1-4-7-17-8-5-16-6-9-18-14(12-16)11-15-10-13(2)3/h13-15H,4-12H2,1-3H3/t14-/m1/s1. The van der Waals surface area contributed by atoms with Crippen molar-refractivity contribution in [1.82, 2.24) is 10.2 Å². The fourth-order valence-corrected chi connectivity index (χ4v) is 2.08. The van der Waals surface area contributed by atoms with Gasteiger partial charge in [-0.05, 0) is 18.9 Å². The van der Waals surface area contributed by atoms with Crippen LogP contribution in [-0.2, 0) is 9.47 Å². The lowest BCUT2D eigenvalue weighted by atomic mass is 10.2. The molecule has 1 rings (SSSR count). The van der Waals surface area contributed by atoms with E-state index in [1.54, 1.807) is 0 Å². The smallest absolute Gasteiger partial charge is 0.0826 e. The number of nitrogens with one attached hydrogen (secondary N) is 1. The Bertz CT molecular complexity index is 200. The minimum atomic E-state index is 0.337. The summed E-state index contributed by atoms with van der Waals surface area (Å²) in [6.45, 7) is 14.3. The van der Waals surface area contributed by atoms with Crippen molar-refractivity contribution in [2.24, 2.45) is 5.92 Å². The fourth-order valence-electron chi connectivity index (χ4n) is 2.08. The maximum absolute atomic E-state index is 5.77. The first-order chi connectivity index (χ1) is 8.72. The second-order valence-electron chi connectivity index (χ2n) is 5.46. The van der Waals surface area contributed by atoms with E-state index in [0.29, 0.717) is 12.0 Å². The summed E-state index contributed by atoms with van der Waals surface area (Å²) in [7, 11) is 0. The summed E-state index contributed by atoms with van der Waals surface area (Å²) >= 11 is 0. The van der Waals surface area contributed by atoms with Crippen molar-refractivity contribution in [3.8, 4) is 0 Å². The van der Waals surface area contributed by atoms with Gasteiger partial charge in [-0.3, -0.25) is 4.90 Å². The van der Waals surface area contributed by atoms with Crippen LogP contribution < -0.4 is 5.32 Å². The maximum Gasteiger partial charge on any atom is 0.0826 e. The second-order valence-corrected chi connectivity index (χ2v) is 5.46. The Kier molecular flexibility index (Phi) is 8.59. The molecule has 0 aromatic heterocycles. The third-order valence-corrected chi connectivity index (χ3v) is 3.05. The first-order valence-corrected chi connectivity index (χ1v) is 7.34. The van der Waals surface area contributed by atoms with Gasteiger partial charge < -0.3 is 14.8 Å². The van der Waals surface area contributed by atoms with Gasteiger partial charge in [-0.15, -0.1) is 0 Å². The molecule has 0 radical (unpaired) electrons. The Balaban J connectivity index is 2.08. The van der Waals surface area contributed by atoms with Gasteiger partial charge >= 0.3 is 0 Å². The van der Waals surface area contributed by atoms with Crippen LogP contribution in [0.4, 0.5) is 0 Å². The molecule has 108 valence electrons. The lowest BCUT2D eigenvalue weighted by Gasteiger charge is -2.33. The van der Waals surface area contributed by atoms with Crippen LogP contribution in [0.15, 0.2) is 0 Å². The number of rotatable bonds is 9. The number of hydrogen-bond acceptors (Lipinski definition) is 4. The molecule has 0 aliphatic carbocycles. The average molecular weight is 258 g/mol. The third kappa shape index (κ3) is 7.31. The van der Waals surface area contributed by atoms with Crippen molar-refractivity contribution in [2.75, 3.05) is 52.5 Å². The van der Waals surface area contributed by atoms with Crippen molar-refractivity contribution in [3.05, 3.63) is 0 Å². The van der Waals surface area contributed by atoms with Crippen LogP contribution in [0, 0.1) is 5.92 Å².